The highest BCUT2D eigenvalue weighted by Gasteiger charge is 2.20. The van der Waals surface area contributed by atoms with E-state index in [0.717, 1.165) is 55.3 Å². The average Bonchev–Trinajstić information content (AvgIpc) is 3.08. The zero-order valence-corrected chi connectivity index (χ0v) is 18.9. The molecule has 1 fully saturated rings. The van der Waals surface area contributed by atoms with E-state index in [9.17, 15) is 4.79 Å². The summed E-state index contributed by atoms with van der Waals surface area (Å²) in [5.41, 5.74) is 1.61. The Labute approximate surface area is 184 Å². The van der Waals surface area contributed by atoms with Crippen molar-refractivity contribution in [3.05, 3.63) is 30.3 Å². The first-order valence-electron chi connectivity index (χ1n) is 10.9. The SMILES string of the molecule is CCC(C)NCC(=O)N1CCCN(c2ccc(-c3ccc(OC)cc3OC)nn2)CC1. The Hall–Kier alpha value is -2.87. The molecule has 1 atom stereocenters. The first-order valence-corrected chi connectivity index (χ1v) is 10.9. The van der Waals surface area contributed by atoms with Gasteiger partial charge in [-0.25, -0.2) is 0 Å². The van der Waals surface area contributed by atoms with Crippen molar-refractivity contribution in [3.63, 3.8) is 0 Å². The van der Waals surface area contributed by atoms with Gasteiger partial charge in [0.05, 0.1) is 26.5 Å². The van der Waals surface area contributed by atoms with Crippen LogP contribution in [0.25, 0.3) is 11.3 Å². The Balaban J connectivity index is 1.63. The maximum Gasteiger partial charge on any atom is 0.236 e. The fourth-order valence-electron chi connectivity index (χ4n) is 3.56. The third-order valence-corrected chi connectivity index (χ3v) is 5.72. The predicted octanol–water partition coefficient (Wildman–Crippen LogP) is 2.59. The van der Waals surface area contributed by atoms with Crippen LogP contribution in [0.1, 0.15) is 26.7 Å². The summed E-state index contributed by atoms with van der Waals surface area (Å²) in [6, 6.07) is 9.92. The highest BCUT2D eigenvalue weighted by Crippen LogP contribution is 2.32. The summed E-state index contributed by atoms with van der Waals surface area (Å²) in [5, 5.41) is 12.2. The monoisotopic (exact) mass is 427 g/mol. The molecule has 1 aliphatic rings. The van der Waals surface area contributed by atoms with Crippen molar-refractivity contribution >= 4 is 11.7 Å². The average molecular weight is 428 g/mol. The molecular weight excluding hydrogens is 394 g/mol. The number of hydrogen-bond acceptors (Lipinski definition) is 7. The van der Waals surface area contributed by atoms with Crippen molar-refractivity contribution in [1.29, 1.82) is 0 Å². The van der Waals surface area contributed by atoms with E-state index in [2.05, 4.69) is 34.3 Å². The molecule has 168 valence electrons. The summed E-state index contributed by atoms with van der Waals surface area (Å²) in [4.78, 5) is 16.7. The molecule has 2 aromatic rings. The Morgan fingerprint density at radius 2 is 1.94 bits per heavy atom. The van der Waals surface area contributed by atoms with Gasteiger partial charge in [0.2, 0.25) is 5.91 Å². The van der Waals surface area contributed by atoms with Gasteiger partial charge in [-0.05, 0) is 44.0 Å². The number of nitrogens with zero attached hydrogens (tertiary/aromatic N) is 4. The zero-order valence-electron chi connectivity index (χ0n) is 18.9. The predicted molar refractivity (Wildman–Crippen MR) is 122 cm³/mol. The zero-order chi connectivity index (χ0) is 22.2. The number of amides is 1. The van der Waals surface area contributed by atoms with Gasteiger partial charge in [0.1, 0.15) is 11.5 Å². The van der Waals surface area contributed by atoms with Crippen LogP contribution >= 0.6 is 0 Å². The lowest BCUT2D eigenvalue weighted by Gasteiger charge is -2.23. The van der Waals surface area contributed by atoms with E-state index in [1.165, 1.54) is 0 Å². The van der Waals surface area contributed by atoms with Crippen molar-refractivity contribution in [2.45, 2.75) is 32.7 Å². The first-order chi connectivity index (χ1) is 15.0. The summed E-state index contributed by atoms with van der Waals surface area (Å²) < 4.78 is 10.7. The van der Waals surface area contributed by atoms with E-state index >= 15 is 0 Å². The molecule has 1 aliphatic heterocycles. The van der Waals surface area contributed by atoms with Crippen molar-refractivity contribution in [2.75, 3.05) is 51.8 Å². The van der Waals surface area contributed by atoms with Crippen molar-refractivity contribution in [2.24, 2.45) is 0 Å². The molecule has 1 unspecified atom stereocenters. The summed E-state index contributed by atoms with van der Waals surface area (Å²) in [7, 11) is 3.25. The lowest BCUT2D eigenvalue weighted by atomic mass is 10.1. The number of carbonyl (C=O) groups excluding carboxylic acids is 1. The van der Waals surface area contributed by atoms with Crippen LogP contribution in [-0.2, 0) is 4.79 Å². The number of hydrogen-bond donors (Lipinski definition) is 1. The molecule has 0 radical (unpaired) electrons. The quantitative estimate of drug-likeness (QED) is 0.694. The van der Waals surface area contributed by atoms with Crippen LogP contribution in [0, 0.1) is 0 Å². The van der Waals surface area contributed by atoms with E-state index in [1.807, 2.05) is 35.2 Å². The molecule has 1 saturated heterocycles. The number of nitrogens with one attached hydrogen (secondary N) is 1. The summed E-state index contributed by atoms with van der Waals surface area (Å²) in [6.45, 7) is 7.66. The summed E-state index contributed by atoms with van der Waals surface area (Å²) in [5.74, 6) is 2.41. The normalized spacial score (nSPS) is 15.4. The van der Waals surface area contributed by atoms with Crippen LogP contribution in [-0.4, -0.2) is 74.0 Å². The Morgan fingerprint density at radius 3 is 2.61 bits per heavy atom. The minimum Gasteiger partial charge on any atom is -0.497 e. The molecule has 2 heterocycles. The van der Waals surface area contributed by atoms with E-state index in [0.29, 0.717) is 24.9 Å². The number of anilines is 1. The van der Waals surface area contributed by atoms with Crippen molar-refractivity contribution in [3.8, 4) is 22.8 Å². The maximum atomic E-state index is 12.5. The molecule has 1 N–H and O–H groups in total. The summed E-state index contributed by atoms with van der Waals surface area (Å²) in [6.07, 6.45) is 1.92. The maximum absolute atomic E-state index is 12.5. The van der Waals surface area contributed by atoms with E-state index < -0.39 is 0 Å². The highest BCUT2D eigenvalue weighted by molar-refractivity contribution is 5.78. The Kier molecular flexibility index (Phi) is 8.06. The molecule has 3 rings (SSSR count). The lowest BCUT2D eigenvalue weighted by molar-refractivity contribution is -0.130. The smallest absolute Gasteiger partial charge is 0.236 e. The fourth-order valence-corrected chi connectivity index (χ4v) is 3.56. The van der Waals surface area contributed by atoms with Crippen LogP contribution in [0.5, 0.6) is 11.5 Å². The van der Waals surface area contributed by atoms with Gasteiger partial charge in [0, 0.05) is 43.9 Å². The largest absolute Gasteiger partial charge is 0.497 e. The third kappa shape index (κ3) is 5.85. The molecule has 8 nitrogen and oxygen atoms in total. The first kappa shape index (κ1) is 22.8. The van der Waals surface area contributed by atoms with Gasteiger partial charge in [-0.15, -0.1) is 10.2 Å². The molecule has 8 heteroatoms. The number of rotatable bonds is 8. The molecule has 0 bridgehead atoms. The number of benzene rings is 1. The number of aromatic nitrogens is 2. The molecule has 1 amide bonds. The van der Waals surface area contributed by atoms with Gasteiger partial charge < -0.3 is 24.6 Å². The second-order valence-electron chi connectivity index (χ2n) is 7.75. The van der Waals surface area contributed by atoms with Gasteiger partial charge >= 0.3 is 0 Å². The summed E-state index contributed by atoms with van der Waals surface area (Å²) >= 11 is 0. The van der Waals surface area contributed by atoms with Gasteiger partial charge in [0.25, 0.3) is 0 Å². The number of carbonyl (C=O) groups is 1. The van der Waals surface area contributed by atoms with Gasteiger partial charge in [-0.1, -0.05) is 6.92 Å². The topological polar surface area (TPSA) is 79.8 Å². The molecule has 0 aliphatic carbocycles. The Morgan fingerprint density at radius 1 is 1.10 bits per heavy atom. The molecule has 0 spiro atoms. The second kappa shape index (κ2) is 10.9. The standard InChI is InChI=1S/C23H33N5O3/c1-5-17(2)24-16-23(29)28-12-6-11-27(13-14-28)22-10-9-20(25-26-22)19-8-7-18(30-3)15-21(19)31-4/h7-10,15,17,24H,5-6,11-14,16H2,1-4H3. The van der Waals surface area contributed by atoms with Gasteiger partial charge in [-0.3, -0.25) is 4.79 Å². The van der Waals surface area contributed by atoms with Crippen LogP contribution in [0.3, 0.4) is 0 Å². The van der Waals surface area contributed by atoms with E-state index in [4.69, 9.17) is 9.47 Å². The minimum atomic E-state index is 0.162. The van der Waals surface area contributed by atoms with Gasteiger partial charge in [-0.2, -0.15) is 0 Å². The number of ether oxygens (including phenoxy) is 2. The van der Waals surface area contributed by atoms with Crippen LogP contribution < -0.4 is 19.7 Å². The molecule has 31 heavy (non-hydrogen) atoms. The molecule has 1 aromatic heterocycles. The van der Waals surface area contributed by atoms with E-state index in [-0.39, 0.29) is 5.91 Å². The van der Waals surface area contributed by atoms with Crippen LogP contribution in [0.2, 0.25) is 0 Å². The van der Waals surface area contributed by atoms with E-state index in [1.54, 1.807) is 14.2 Å². The molecule has 1 aromatic carbocycles. The second-order valence-corrected chi connectivity index (χ2v) is 7.75. The molecule has 0 saturated carbocycles. The third-order valence-electron chi connectivity index (χ3n) is 5.72. The molecular formula is C23H33N5O3. The fraction of sp³-hybridized carbons (Fsp3) is 0.522. The van der Waals surface area contributed by atoms with Crippen molar-refractivity contribution < 1.29 is 14.3 Å². The van der Waals surface area contributed by atoms with Crippen LogP contribution in [0.4, 0.5) is 5.82 Å². The highest BCUT2D eigenvalue weighted by atomic mass is 16.5. The van der Waals surface area contributed by atoms with Crippen LogP contribution in [0.15, 0.2) is 30.3 Å². The Bertz CT molecular complexity index is 859. The van der Waals surface area contributed by atoms with Gasteiger partial charge in [0.15, 0.2) is 5.82 Å². The van der Waals surface area contributed by atoms with Crippen molar-refractivity contribution in [1.82, 2.24) is 20.4 Å². The number of methoxy groups -OCH3 is 2. The lowest BCUT2D eigenvalue weighted by Crippen LogP contribution is -2.42. The minimum absolute atomic E-state index is 0.162.